The lowest BCUT2D eigenvalue weighted by molar-refractivity contribution is 0.192. The molecule has 0 unspecified atom stereocenters. The van der Waals surface area contributed by atoms with Crippen molar-refractivity contribution in [2.24, 2.45) is 5.73 Å². The van der Waals surface area contributed by atoms with Crippen LogP contribution in [-0.2, 0) is 6.42 Å². The Morgan fingerprint density at radius 3 is 3.18 bits per heavy atom. The van der Waals surface area contributed by atoms with E-state index in [1.165, 1.54) is 11.5 Å². The first-order chi connectivity index (χ1) is 8.19. The molecule has 3 N–H and O–H groups in total. The van der Waals surface area contributed by atoms with Crippen molar-refractivity contribution in [3.05, 3.63) is 5.82 Å². The van der Waals surface area contributed by atoms with Crippen LogP contribution in [0.25, 0.3) is 0 Å². The van der Waals surface area contributed by atoms with Crippen LogP contribution in [-0.4, -0.2) is 39.4 Å². The zero-order chi connectivity index (χ0) is 12.3. The fourth-order valence-electron chi connectivity index (χ4n) is 1.93. The van der Waals surface area contributed by atoms with E-state index in [9.17, 15) is 4.79 Å². The summed E-state index contributed by atoms with van der Waals surface area (Å²) in [7, 11) is 0. The minimum atomic E-state index is -0.344. The molecule has 0 bridgehead atoms. The van der Waals surface area contributed by atoms with E-state index < -0.39 is 0 Å². The lowest BCUT2D eigenvalue weighted by Crippen LogP contribution is -2.47. The molecule has 17 heavy (non-hydrogen) atoms. The highest BCUT2D eigenvalue weighted by Crippen LogP contribution is 2.17. The van der Waals surface area contributed by atoms with Gasteiger partial charge in [-0.05, 0) is 12.8 Å². The molecule has 7 heteroatoms. The van der Waals surface area contributed by atoms with Gasteiger partial charge in [0.1, 0.15) is 5.82 Å². The number of nitrogens with one attached hydrogen (secondary N) is 1. The summed E-state index contributed by atoms with van der Waals surface area (Å²) in [5.74, 6) is 0.861. The van der Waals surface area contributed by atoms with Gasteiger partial charge in [0.2, 0.25) is 5.13 Å². The number of primary amides is 1. The SMILES string of the molecule is CCc1nsc(N[C@H]2CCCN(C(N)=O)C2)n1. The third kappa shape index (κ3) is 3.06. The molecule has 1 aliphatic rings. The Morgan fingerprint density at radius 2 is 2.53 bits per heavy atom. The molecular weight excluding hydrogens is 238 g/mol. The van der Waals surface area contributed by atoms with Crippen molar-refractivity contribution in [2.45, 2.75) is 32.2 Å². The van der Waals surface area contributed by atoms with E-state index in [1.807, 2.05) is 6.92 Å². The van der Waals surface area contributed by atoms with Crippen LogP contribution >= 0.6 is 11.5 Å². The number of aryl methyl sites for hydroxylation is 1. The normalized spacial score (nSPS) is 20.3. The molecule has 2 heterocycles. The molecule has 6 nitrogen and oxygen atoms in total. The number of piperidine rings is 1. The van der Waals surface area contributed by atoms with Gasteiger partial charge < -0.3 is 16.0 Å². The predicted octanol–water partition coefficient (Wildman–Crippen LogP) is 1.06. The number of nitrogens with two attached hydrogens (primary N) is 1. The Labute approximate surface area is 104 Å². The van der Waals surface area contributed by atoms with Gasteiger partial charge in [0.05, 0.1) is 0 Å². The highest BCUT2D eigenvalue weighted by Gasteiger charge is 2.22. The topological polar surface area (TPSA) is 84.1 Å². The first kappa shape index (κ1) is 12.1. The molecular formula is C10H17N5OS. The van der Waals surface area contributed by atoms with E-state index in [-0.39, 0.29) is 12.1 Å². The molecule has 1 atom stereocenters. The van der Waals surface area contributed by atoms with Crippen molar-refractivity contribution >= 4 is 22.7 Å². The zero-order valence-corrected chi connectivity index (χ0v) is 10.7. The van der Waals surface area contributed by atoms with Gasteiger partial charge in [0, 0.05) is 37.1 Å². The van der Waals surface area contributed by atoms with Crippen molar-refractivity contribution < 1.29 is 4.79 Å². The van der Waals surface area contributed by atoms with Crippen LogP contribution in [0.5, 0.6) is 0 Å². The second-order valence-electron chi connectivity index (χ2n) is 4.14. The van der Waals surface area contributed by atoms with Crippen LogP contribution in [0.4, 0.5) is 9.93 Å². The van der Waals surface area contributed by atoms with E-state index >= 15 is 0 Å². The zero-order valence-electron chi connectivity index (χ0n) is 9.85. The van der Waals surface area contributed by atoms with Gasteiger partial charge in [-0.15, -0.1) is 0 Å². The van der Waals surface area contributed by atoms with Crippen LogP contribution in [0.15, 0.2) is 0 Å². The number of hydrogen-bond acceptors (Lipinski definition) is 5. The van der Waals surface area contributed by atoms with Crippen molar-refractivity contribution in [2.75, 3.05) is 18.4 Å². The van der Waals surface area contributed by atoms with Crippen LogP contribution < -0.4 is 11.1 Å². The van der Waals surface area contributed by atoms with Gasteiger partial charge in [-0.1, -0.05) is 6.92 Å². The first-order valence-corrected chi connectivity index (χ1v) is 6.60. The fourth-order valence-corrected chi connectivity index (χ4v) is 2.65. The number of nitrogens with zero attached hydrogens (tertiary/aromatic N) is 3. The molecule has 1 saturated heterocycles. The van der Waals surface area contributed by atoms with Crippen molar-refractivity contribution in [1.82, 2.24) is 14.3 Å². The molecule has 94 valence electrons. The molecule has 0 aliphatic carbocycles. The number of anilines is 1. The third-order valence-electron chi connectivity index (χ3n) is 2.84. The molecule has 1 aromatic heterocycles. The van der Waals surface area contributed by atoms with Gasteiger partial charge in [-0.2, -0.15) is 4.37 Å². The van der Waals surface area contributed by atoms with Gasteiger partial charge in [0.25, 0.3) is 0 Å². The molecule has 0 spiro atoms. The fraction of sp³-hybridized carbons (Fsp3) is 0.700. The van der Waals surface area contributed by atoms with Crippen molar-refractivity contribution in [1.29, 1.82) is 0 Å². The van der Waals surface area contributed by atoms with E-state index in [1.54, 1.807) is 4.90 Å². The number of carbonyl (C=O) groups excluding carboxylic acids is 1. The minimum Gasteiger partial charge on any atom is -0.356 e. The molecule has 0 aromatic carbocycles. The molecule has 0 radical (unpaired) electrons. The minimum absolute atomic E-state index is 0.230. The lowest BCUT2D eigenvalue weighted by Gasteiger charge is -2.31. The maximum atomic E-state index is 11.1. The summed E-state index contributed by atoms with van der Waals surface area (Å²) in [5.41, 5.74) is 5.28. The maximum Gasteiger partial charge on any atom is 0.314 e. The number of aromatic nitrogens is 2. The summed E-state index contributed by atoms with van der Waals surface area (Å²) in [6.45, 7) is 3.43. The van der Waals surface area contributed by atoms with Gasteiger partial charge in [-0.3, -0.25) is 0 Å². The van der Waals surface area contributed by atoms with Gasteiger partial charge in [0.15, 0.2) is 0 Å². The summed E-state index contributed by atoms with van der Waals surface area (Å²) in [6, 6.07) is -0.114. The average Bonchev–Trinajstić information content (AvgIpc) is 2.77. The molecule has 2 amide bonds. The predicted molar refractivity (Wildman–Crippen MR) is 67.1 cm³/mol. The summed E-state index contributed by atoms with van der Waals surface area (Å²) >= 11 is 1.37. The summed E-state index contributed by atoms with van der Waals surface area (Å²) in [6.07, 6.45) is 2.85. The molecule has 0 saturated carbocycles. The number of amides is 2. The number of carbonyl (C=O) groups is 1. The first-order valence-electron chi connectivity index (χ1n) is 5.82. The smallest absolute Gasteiger partial charge is 0.314 e. The number of hydrogen-bond donors (Lipinski definition) is 2. The lowest BCUT2D eigenvalue weighted by atomic mass is 10.1. The maximum absolute atomic E-state index is 11.1. The van der Waals surface area contributed by atoms with Crippen LogP contribution in [0, 0.1) is 0 Å². The Kier molecular flexibility index (Phi) is 3.78. The summed E-state index contributed by atoms with van der Waals surface area (Å²) < 4.78 is 4.22. The molecule has 1 fully saturated rings. The van der Waals surface area contributed by atoms with E-state index in [4.69, 9.17) is 5.73 Å². The Hall–Kier alpha value is -1.37. The Balaban J connectivity index is 1.92. The van der Waals surface area contributed by atoms with Gasteiger partial charge in [-0.25, -0.2) is 9.78 Å². The van der Waals surface area contributed by atoms with Crippen LogP contribution in [0.1, 0.15) is 25.6 Å². The van der Waals surface area contributed by atoms with E-state index in [0.29, 0.717) is 6.54 Å². The highest BCUT2D eigenvalue weighted by atomic mass is 32.1. The largest absolute Gasteiger partial charge is 0.356 e. The van der Waals surface area contributed by atoms with Crippen molar-refractivity contribution in [3.63, 3.8) is 0 Å². The monoisotopic (exact) mass is 255 g/mol. The second kappa shape index (κ2) is 5.31. The average molecular weight is 255 g/mol. The number of likely N-dealkylation sites (tertiary alicyclic amines) is 1. The Morgan fingerprint density at radius 1 is 1.71 bits per heavy atom. The van der Waals surface area contributed by atoms with E-state index in [2.05, 4.69) is 14.7 Å². The summed E-state index contributed by atoms with van der Waals surface area (Å²) in [4.78, 5) is 17.1. The van der Waals surface area contributed by atoms with Crippen LogP contribution in [0.3, 0.4) is 0 Å². The molecule has 2 rings (SSSR count). The summed E-state index contributed by atoms with van der Waals surface area (Å²) in [5, 5.41) is 4.15. The highest BCUT2D eigenvalue weighted by molar-refractivity contribution is 7.09. The van der Waals surface area contributed by atoms with Crippen LogP contribution in [0.2, 0.25) is 0 Å². The molecule has 1 aromatic rings. The number of rotatable bonds is 3. The number of urea groups is 1. The Bertz CT molecular complexity index is 394. The quantitative estimate of drug-likeness (QED) is 0.845. The van der Waals surface area contributed by atoms with Crippen molar-refractivity contribution in [3.8, 4) is 0 Å². The molecule has 1 aliphatic heterocycles. The van der Waals surface area contributed by atoms with Gasteiger partial charge >= 0.3 is 6.03 Å². The van der Waals surface area contributed by atoms with E-state index in [0.717, 1.165) is 36.8 Å². The standard InChI is InChI=1S/C10H17N5OS/c1-2-8-13-10(17-14-8)12-7-4-3-5-15(6-7)9(11)16/h7H,2-6H2,1H3,(H2,11,16)(H,12,13,14)/t7-/m0/s1. The third-order valence-corrected chi connectivity index (χ3v) is 3.53. The second-order valence-corrected chi connectivity index (χ2v) is 4.89.